The van der Waals surface area contributed by atoms with Crippen LogP contribution in [0.2, 0.25) is 0 Å². The number of carbonyl (C=O) groups excluding carboxylic acids is 2. The van der Waals surface area contributed by atoms with Crippen LogP contribution in [-0.4, -0.2) is 41.0 Å². The van der Waals surface area contributed by atoms with Gasteiger partial charge in [-0.05, 0) is 36.6 Å². The lowest BCUT2D eigenvalue weighted by atomic mass is 10.0. The first kappa shape index (κ1) is 18.9. The lowest BCUT2D eigenvalue weighted by Crippen LogP contribution is -2.48. The Morgan fingerprint density at radius 1 is 0.966 bits per heavy atom. The molecule has 1 saturated heterocycles. The van der Waals surface area contributed by atoms with Crippen LogP contribution in [-0.2, 0) is 11.2 Å². The van der Waals surface area contributed by atoms with E-state index in [2.05, 4.69) is 15.6 Å². The van der Waals surface area contributed by atoms with Crippen molar-refractivity contribution in [3.63, 3.8) is 0 Å². The van der Waals surface area contributed by atoms with Crippen molar-refractivity contribution in [2.45, 2.75) is 25.3 Å². The number of carbonyl (C=O) groups is 2. The van der Waals surface area contributed by atoms with Crippen LogP contribution in [0.5, 0.6) is 0 Å². The summed E-state index contributed by atoms with van der Waals surface area (Å²) in [7, 11) is 0. The van der Waals surface area contributed by atoms with E-state index in [1.54, 1.807) is 11.1 Å². The van der Waals surface area contributed by atoms with Crippen molar-refractivity contribution in [3.05, 3.63) is 72.4 Å². The second kappa shape index (κ2) is 8.73. The maximum atomic E-state index is 12.5. The number of nitrogens with one attached hydrogen (secondary N) is 2. The number of aromatic nitrogens is 1. The molecule has 148 valence electrons. The van der Waals surface area contributed by atoms with Crippen LogP contribution in [0.1, 0.15) is 18.4 Å². The third-order valence-electron chi connectivity index (χ3n) is 5.24. The highest BCUT2D eigenvalue weighted by Crippen LogP contribution is 2.17. The van der Waals surface area contributed by atoms with Crippen LogP contribution in [0, 0.1) is 0 Å². The van der Waals surface area contributed by atoms with E-state index in [-0.39, 0.29) is 18.0 Å². The van der Waals surface area contributed by atoms with Crippen molar-refractivity contribution in [1.29, 1.82) is 0 Å². The van der Waals surface area contributed by atoms with Crippen LogP contribution in [0.15, 0.2) is 66.9 Å². The smallest absolute Gasteiger partial charge is 0.321 e. The number of anilines is 1. The molecule has 1 aliphatic rings. The number of hydrogen-bond donors (Lipinski definition) is 2. The highest BCUT2D eigenvalue weighted by atomic mass is 16.2. The molecule has 0 aliphatic carbocycles. The molecule has 0 atom stereocenters. The topological polar surface area (TPSA) is 74.3 Å². The summed E-state index contributed by atoms with van der Waals surface area (Å²) < 4.78 is 0. The Morgan fingerprint density at radius 2 is 1.72 bits per heavy atom. The van der Waals surface area contributed by atoms with Gasteiger partial charge in [0, 0.05) is 36.4 Å². The standard InChI is InChI=1S/C23H24N4O2/c28-21(16-18-7-4-6-17-8-5-13-24-22(17)18)25-20-11-14-27(15-12-20)23(29)26-19-9-2-1-3-10-19/h1-10,13,20H,11-12,14-16H2,(H,25,28)(H,26,29). The van der Waals surface area contributed by atoms with E-state index in [9.17, 15) is 9.59 Å². The Kier molecular flexibility index (Phi) is 5.70. The van der Waals surface area contributed by atoms with E-state index >= 15 is 0 Å². The molecule has 2 aromatic carbocycles. The van der Waals surface area contributed by atoms with Crippen LogP contribution in [0.3, 0.4) is 0 Å². The van der Waals surface area contributed by atoms with Crippen molar-refractivity contribution in [2.24, 2.45) is 0 Å². The summed E-state index contributed by atoms with van der Waals surface area (Å²) in [4.78, 5) is 31.1. The Hall–Kier alpha value is -3.41. The fraction of sp³-hybridized carbons (Fsp3) is 0.261. The maximum absolute atomic E-state index is 12.5. The molecule has 2 heterocycles. The first-order valence-electron chi connectivity index (χ1n) is 9.92. The van der Waals surface area contributed by atoms with Crippen molar-refractivity contribution < 1.29 is 9.59 Å². The normalized spacial score (nSPS) is 14.6. The Morgan fingerprint density at radius 3 is 2.52 bits per heavy atom. The van der Waals surface area contributed by atoms with Gasteiger partial charge in [0.05, 0.1) is 11.9 Å². The second-order valence-corrected chi connectivity index (χ2v) is 7.29. The first-order chi connectivity index (χ1) is 14.2. The van der Waals surface area contributed by atoms with E-state index in [4.69, 9.17) is 0 Å². The monoisotopic (exact) mass is 388 g/mol. The lowest BCUT2D eigenvalue weighted by Gasteiger charge is -2.32. The number of fused-ring (bicyclic) bond motifs is 1. The molecule has 3 amide bonds. The SMILES string of the molecule is O=C(Cc1cccc2cccnc12)NC1CCN(C(=O)Nc2ccccc2)CC1. The first-order valence-corrected chi connectivity index (χ1v) is 9.92. The summed E-state index contributed by atoms with van der Waals surface area (Å²) in [5, 5.41) is 7.06. The molecule has 4 rings (SSSR count). The Balaban J connectivity index is 1.28. The van der Waals surface area contributed by atoms with Gasteiger partial charge < -0.3 is 15.5 Å². The Labute approximate surface area is 169 Å². The van der Waals surface area contributed by atoms with Crippen molar-refractivity contribution in [2.75, 3.05) is 18.4 Å². The number of likely N-dealkylation sites (tertiary alicyclic amines) is 1. The zero-order valence-electron chi connectivity index (χ0n) is 16.2. The molecule has 6 heteroatoms. The molecule has 0 spiro atoms. The third kappa shape index (κ3) is 4.71. The number of hydrogen-bond acceptors (Lipinski definition) is 3. The van der Waals surface area contributed by atoms with Gasteiger partial charge in [0.2, 0.25) is 5.91 Å². The summed E-state index contributed by atoms with van der Waals surface area (Å²) >= 11 is 0. The predicted octanol–water partition coefficient (Wildman–Crippen LogP) is 3.59. The minimum absolute atomic E-state index is 0.00431. The van der Waals surface area contributed by atoms with E-state index in [0.29, 0.717) is 19.5 Å². The molecule has 2 N–H and O–H groups in total. The van der Waals surface area contributed by atoms with E-state index in [1.807, 2.05) is 60.7 Å². The lowest BCUT2D eigenvalue weighted by molar-refractivity contribution is -0.121. The van der Waals surface area contributed by atoms with E-state index in [1.165, 1.54) is 0 Å². The number of pyridine rings is 1. The summed E-state index contributed by atoms with van der Waals surface area (Å²) in [6.45, 7) is 1.25. The molecule has 1 fully saturated rings. The summed E-state index contributed by atoms with van der Waals surface area (Å²) in [5.41, 5.74) is 2.59. The van der Waals surface area contributed by atoms with E-state index < -0.39 is 0 Å². The fourth-order valence-corrected chi connectivity index (χ4v) is 3.71. The summed E-state index contributed by atoms with van der Waals surface area (Å²) in [6, 6.07) is 19.2. The van der Waals surface area contributed by atoms with Crippen LogP contribution >= 0.6 is 0 Å². The molecule has 0 radical (unpaired) electrons. The number of urea groups is 1. The molecule has 0 saturated carbocycles. The van der Waals surface area contributed by atoms with Crippen molar-refractivity contribution >= 4 is 28.5 Å². The molecule has 0 bridgehead atoms. The molecular formula is C23H24N4O2. The van der Waals surface area contributed by atoms with Gasteiger partial charge in [-0.15, -0.1) is 0 Å². The average Bonchev–Trinajstić information content (AvgIpc) is 2.75. The van der Waals surface area contributed by atoms with Crippen LogP contribution in [0.25, 0.3) is 10.9 Å². The summed E-state index contributed by atoms with van der Waals surface area (Å²) in [6.07, 6.45) is 3.56. The minimum atomic E-state index is -0.0946. The molecule has 3 aromatic rings. The zero-order chi connectivity index (χ0) is 20.1. The number of piperidine rings is 1. The maximum Gasteiger partial charge on any atom is 0.321 e. The van der Waals surface area contributed by atoms with Crippen molar-refractivity contribution in [3.8, 4) is 0 Å². The molecule has 6 nitrogen and oxygen atoms in total. The van der Waals surface area contributed by atoms with Crippen LogP contribution in [0.4, 0.5) is 10.5 Å². The number of benzene rings is 2. The van der Waals surface area contributed by atoms with Crippen molar-refractivity contribution in [1.82, 2.24) is 15.2 Å². The third-order valence-corrected chi connectivity index (χ3v) is 5.24. The largest absolute Gasteiger partial charge is 0.353 e. The van der Waals surface area contributed by atoms with Gasteiger partial charge in [0.25, 0.3) is 0 Å². The van der Waals surface area contributed by atoms with E-state index in [0.717, 1.165) is 35.0 Å². The minimum Gasteiger partial charge on any atom is -0.353 e. The zero-order valence-corrected chi connectivity index (χ0v) is 16.2. The average molecular weight is 388 g/mol. The van der Waals surface area contributed by atoms with Gasteiger partial charge in [-0.2, -0.15) is 0 Å². The molecule has 0 unspecified atom stereocenters. The number of amides is 3. The molecule has 1 aromatic heterocycles. The predicted molar refractivity (Wildman–Crippen MR) is 114 cm³/mol. The van der Waals surface area contributed by atoms with Gasteiger partial charge in [0.1, 0.15) is 0 Å². The van der Waals surface area contributed by atoms with Crippen LogP contribution < -0.4 is 10.6 Å². The number of para-hydroxylation sites is 2. The quantitative estimate of drug-likeness (QED) is 0.717. The molecular weight excluding hydrogens is 364 g/mol. The highest BCUT2D eigenvalue weighted by molar-refractivity contribution is 5.89. The number of rotatable bonds is 4. The van der Waals surface area contributed by atoms with Gasteiger partial charge in [-0.25, -0.2) is 4.79 Å². The van der Waals surface area contributed by atoms with Gasteiger partial charge >= 0.3 is 6.03 Å². The number of nitrogens with zero attached hydrogens (tertiary/aromatic N) is 2. The molecule has 29 heavy (non-hydrogen) atoms. The Bertz CT molecular complexity index is 993. The van der Waals surface area contributed by atoms with Gasteiger partial charge in [-0.3, -0.25) is 9.78 Å². The van der Waals surface area contributed by atoms with Gasteiger partial charge in [0.15, 0.2) is 0 Å². The second-order valence-electron chi connectivity index (χ2n) is 7.29. The van der Waals surface area contributed by atoms with Gasteiger partial charge in [-0.1, -0.05) is 42.5 Å². The fourth-order valence-electron chi connectivity index (χ4n) is 3.71. The molecule has 1 aliphatic heterocycles. The summed E-state index contributed by atoms with van der Waals surface area (Å²) in [5.74, 6) is -0.00431. The highest BCUT2D eigenvalue weighted by Gasteiger charge is 2.24.